The van der Waals surface area contributed by atoms with E-state index < -0.39 is 0 Å². The molecule has 1 heterocycles. The molecule has 0 radical (unpaired) electrons. The molecule has 1 amide bonds. The van der Waals surface area contributed by atoms with Gasteiger partial charge in [-0.3, -0.25) is 9.69 Å². The van der Waals surface area contributed by atoms with Crippen molar-refractivity contribution < 1.29 is 9.53 Å². The second-order valence-electron chi connectivity index (χ2n) is 5.71. The van der Waals surface area contributed by atoms with Crippen LogP contribution in [0, 0.1) is 0 Å². The van der Waals surface area contributed by atoms with Crippen molar-refractivity contribution >= 4 is 5.91 Å². The van der Waals surface area contributed by atoms with Crippen molar-refractivity contribution in [3.63, 3.8) is 0 Å². The van der Waals surface area contributed by atoms with E-state index in [0.717, 1.165) is 65.0 Å². The molecule has 1 aliphatic rings. The fourth-order valence-electron chi connectivity index (χ4n) is 3.02. The Hall–Kier alpha value is -0.650. The molecule has 1 unspecified atom stereocenters. The third-order valence-electron chi connectivity index (χ3n) is 4.25. The monoisotopic (exact) mass is 299 g/mol. The Morgan fingerprint density at radius 2 is 2.05 bits per heavy atom. The van der Waals surface area contributed by atoms with Crippen molar-refractivity contribution in [2.45, 2.75) is 52.0 Å². The molecule has 0 aromatic rings. The number of nitrogens with two attached hydrogens (primary N) is 1. The second-order valence-corrected chi connectivity index (χ2v) is 5.71. The van der Waals surface area contributed by atoms with E-state index in [2.05, 4.69) is 11.8 Å². The number of nitrogens with zero attached hydrogens (tertiary/aromatic N) is 2. The summed E-state index contributed by atoms with van der Waals surface area (Å²) < 4.78 is 5.30. The van der Waals surface area contributed by atoms with Gasteiger partial charge in [0.15, 0.2) is 0 Å². The van der Waals surface area contributed by atoms with Crippen molar-refractivity contribution in [3.05, 3.63) is 0 Å². The molecule has 1 rings (SSSR count). The minimum atomic E-state index is 0.281. The molecular weight excluding hydrogens is 266 g/mol. The Morgan fingerprint density at radius 1 is 1.24 bits per heavy atom. The first-order chi connectivity index (χ1) is 10.2. The molecule has 1 aliphatic heterocycles. The molecule has 0 aromatic heterocycles. The maximum absolute atomic E-state index is 12.2. The molecule has 124 valence electrons. The topological polar surface area (TPSA) is 58.8 Å². The fourth-order valence-corrected chi connectivity index (χ4v) is 3.02. The number of amides is 1. The van der Waals surface area contributed by atoms with E-state index in [4.69, 9.17) is 10.5 Å². The van der Waals surface area contributed by atoms with Crippen LogP contribution in [-0.4, -0.2) is 67.7 Å². The Labute approximate surface area is 129 Å². The van der Waals surface area contributed by atoms with Crippen molar-refractivity contribution in [1.29, 1.82) is 0 Å². The lowest BCUT2D eigenvalue weighted by atomic mass is 10.1. The van der Waals surface area contributed by atoms with Gasteiger partial charge in [0.25, 0.3) is 0 Å². The average Bonchev–Trinajstić information content (AvgIpc) is 2.75. The van der Waals surface area contributed by atoms with Gasteiger partial charge in [-0.1, -0.05) is 6.92 Å². The summed E-state index contributed by atoms with van der Waals surface area (Å²) in [6.07, 6.45) is 4.70. The largest absolute Gasteiger partial charge is 0.382 e. The van der Waals surface area contributed by atoms with Crippen LogP contribution in [0.25, 0.3) is 0 Å². The molecule has 0 spiro atoms. The molecule has 1 fully saturated rings. The smallest absolute Gasteiger partial charge is 0.222 e. The van der Waals surface area contributed by atoms with Gasteiger partial charge in [-0.15, -0.1) is 0 Å². The van der Waals surface area contributed by atoms with Crippen LogP contribution in [0.5, 0.6) is 0 Å². The van der Waals surface area contributed by atoms with E-state index in [0.29, 0.717) is 19.1 Å². The van der Waals surface area contributed by atoms with E-state index in [-0.39, 0.29) is 5.91 Å². The van der Waals surface area contributed by atoms with E-state index in [1.807, 2.05) is 11.8 Å². The fraction of sp³-hybridized carbons (Fsp3) is 0.938. The molecule has 5 heteroatoms. The van der Waals surface area contributed by atoms with Crippen molar-refractivity contribution in [3.8, 4) is 0 Å². The molecule has 0 saturated carbocycles. The summed E-state index contributed by atoms with van der Waals surface area (Å²) in [5.74, 6) is 0.281. The van der Waals surface area contributed by atoms with E-state index >= 15 is 0 Å². The van der Waals surface area contributed by atoms with Crippen molar-refractivity contribution in [2.75, 3.05) is 45.9 Å². The highest BCUT2D eigenvalue weighted by Crippen LogP contribution is 2.13. The first-order valence-electron chi connectivity index (χ1n) is 8.52. The first-order valence-corrected chi connectivity index (χ1v) is 8.52. The molecular formula is C16H33N3O2. The highest BCUT2D eigenvalue weighted by molar-refractivity contribution is 5.76. The summed E-state index contributed by atoms with van der Waals surface area (Å²) in [7, 11) is 0. The summed E-state index contributed by atoms with van der Waals surface area (Å²) in [5.41, 5.74) is 5.70. The zero-order valence-corrected chi connectivity index (χ0v) is 13.9. The molecule has 21 heavy (non-hydrogen) atoms. The van der Waals surface area contributed by atoms with Crippen LogP contribution in [0.4, 0.5) is 0 Å². The minimum Gasteiger partial charge on any atom is -0.382 e. The third kappa shape index (κ3) is 6.76. The molecule has 2 N–H and O–H groups in total. The Bertz CT molecular complexity index is 287. The van der Waals surface area contributed by atoms with Gasteiger partial charge in [-0.05, 0) is 39.2 Å². The predicted octanol–water partition coefficient (Wildman–Crippen LogP) is 1.46. The third-order valence-corrected chi connectivity index (χ3v) is 4.25. The zero-order valence-electron chi connectivity index (χ0n) is 13.9. The van der Waals surface area contributed by atoms with Crippen LogP contribution in [0.15, 0.2) is 0 Å². The lowest BCUT2D eigenvalue weighted by Gasteiger charge is -2.29. The molecule has 0 aromatic carbocycles. The van der Waals surface area contributed by atoms with Gasteiger partial charge in [0, 0.05) is 51.9 Å². The van der Waals surface area contributed by atoms with Gasteiger partial charge in [0.1, 0.15) is 0 Å². The summed E-state index contributed by atoms with van der Waals surface area (Å²) in [5, 5.41) is 0. The van der Waals surface area contributed by atoms with Crippen LogP contribution >= 0.6 is 0 Å². The van der Waals surface area contributed by atoms with Crippen LogP contribution in [0.2, 0.25) is 0 Å². The Morgan fingerprint density at radius 3 is 2.71 bits per heavy atom. The maximum atomic E-state index is 12.2. The first kappa shape index (κ1) is 18.4. The number of hydrogen-bond acceptors (Lipinski definition) is 4. The van der Waals surface area contributed by atoms with Gasteiger partial charge in [0.2, 0.25) is 5.91 Å². The lowest BCUT2D eigenvalue weighted by molar-refractivity contribution is -0.131. The Balaban J connectivity index is 2.35. The second kappa shape index (κ2) is 11.0. The van der Waals surface area contributed by atoms with Crippen LogP contribution in [-0.2, 0) is 9.53 Å². The number of rotatable bonds is 9. The highest BCUT2D eigenvalue weighted by atomic mass is 16.5. The number of carbonyl (C=O) groups excluding carboxylic acids is 1. The number of hydrogen-bond donors (Lipinski definition) is 1. The molecule has 1 atom stereocenters. The minimum absolute atomic E-state index is 0.281. The van der Waals surface area contributed by atoms with Crippen LogP contribution < -0.4 is 5.73 Å². The van der Waals surface area contributed by atoms with Gasteiger partial charge < -0.3 is 15.4 Å². The maximum Gasteiger partial charge on any atom is 0.222 e. The molecule has 0 aliphatic carbocycles. The Kier molecular flexibility index (Phi) is 9.63. The van der Waals surface area contributed by atoms with Crippen LogP contribution in [0.3, 0.4) is 0 Å². The van der Waals surface area contributed by atoms with E-state index in [9.17, 15) is 4.79 Å². The van der Waals surface area contributed by atoms with Gasteiger partial charge >= 0.3 is 0 Å². The number of ether oxygens (including phenoxy) is 1. The van der Waals surface area contributed by atoms with E-state index in [1.165, 1.54) is 0 Å². The summed E-state index contributed by atoms with van der Waals surface area (Å²) in [6.45, 7) is 10.2. The average molecular weight is 299 g/mol. The van der Waals surface area contributed by atoms with Gasteiger partial charge in [0.05, 0.1) is 0 Å². The quantitative estimate of drug-likeness (QED) is 0.655. The summed E-state index contributed by atoms with van der Waals surface area (Å²) in [6, 6.07) is 0.572. The van der Waals surface area contributed by atoms with Crippen LogP contribution in [0.1, 0.15) is 46.0 Å². The highest BCUT2D eigenvalue weighted by Gasteiger charge is 2.22. The lowest BCUT2D eigenvalue weighted by Crippen LogP contribution is -2.40. The molecule has 5 nitrogen and oxygen atoms in total. The SMILES string of the molecule is CCOCCCC(=O)N1CCCN(C(CC)CCN)CC1. The zero-order chi connectivity index (χ0) is 15.5. The number of carbonyl (C=O) groups is 1. The van der Waals surface area contributed by atoms with Crippen molar-refractivity contribution in [2.24, 2.45) is 5.73 Å². The van der Waals surface area contributed by atoms with Gasteiger partial charge in [-0.2, -0.15) is 0 Å². The van der Waals surface area contributed by atoms with Gasteiger partial charge in [-0.25, -0.2) is 0 Å². The molecule has 0 bridgehead atoms. The normalized spacial score (nSPS) is 18.5. The van der Waals surface area contributed by atoms with Crippen molar-refractivity contribution in [1.82, 2.24) is 9.80 Å². The van der Waals surface area contributed by atoms with E-state index in [1.54, 1.807) is 0 Å². The summed E-state index contributed by atoms with van der Waals surface area (Å²) in [4.78, 5) is 16.8. The standard InChI is InChI=1S/C16H33N3O2/c1-3-15(8-9-17)18-10-6-11-19(13-12-18)16(20)7-5-14-21-4-2/h15H,3-14,17H2,1-2H3. The predicted molar refractivity (Wildman–Crippen MR) is 86.2 cm³/mol. The molecule has 1 saturated heterocycles. The summed E-state index contributed by atoms with van der Waals surface area (Å²) >= 11 is 0.